The third-order valence-corrected chi connectivity index (χ3v) is 4.91. The Morgan fingerprint density at radius 3 is 2.75 bits per heavy atom. The summed E-state index contributed by atoms with van der Waals surface area (Å²) < 4.78 is 1.59. The second kappa shape index (κ2) is 8.26. The molecule has 0 bridgehead atoms. The number of benzene rings is 1. The van der Waals surface area contributed by atoms with Crippen molar-refractivity contribution in [2.24, 2.45) is 0 Å². The van der Waals surface area contributed by atoms with Gasteiger partial charge in [0.2, 0.25) is 0 Å². The van der Waals surface area contributed by atoms with Crippen LogP contribution in [0.5, 0.6) is 0 Å². The minimum atomic E-state index is -0.0841. The number of nitrogens with zero attached hydrogens (tertiary/aromatic N) is 6. The fourth-order valence-electron chi connectivity index (χ4n) is 3.22. The smallest absolute Gasteiger partial charge is 0.317 e. The number of nitrogens with one attached hydrogen (secondary N) is 1. The Kier molecular flexibility index (Phi) is 5.38. The van der Waals surface area contributed by atoms with Crippen LogP contribution in [-0.2, 0) is 6.54 Å². The van der Waals surface area contributed by atoms with E-state index in [4.69, 9.17) is 11.6 Å². The van der Waals surface area contributed by atoms with Gasteiger partial charge < -0.3 is 15.1 Å². The van der Waals surface area contributed by atoms with Crippen molar-refractivity contribution in [3.05, 3.63) is 65.8 Å². The summed E-state index contributed by atoms with van der Waals surface area (Å²) in [4.78, 5) is 24.9. The first-order valence-corrected chi connectivity index (χ1v) is 9.41. The van der Waals surface area contributed by atoms with E-state index in [2.05, 4.69) is 25.3 Å². The van der Waals surface area contributed by atoms with E-state index < -0.39 is 0 Å². The number of aromatic nitrogens is 4. The topological polar surface area (TPSA) is 79.2 Å². The first-order valence-electron chi connectivity index (χ1n) is 9.03. The molecule has 144 valence electrons. The molecule has 2 aromatic heterocycles. The van der Waals surface area contributed by atoms with E-state index in [0.717, 1.165) is 29.4 Å². The highest BCUT2D eigenvalue weighted by Gasteiger charge is 2.21. The van der Waals surface area contributed by atoms with Crippen LogP contribution in [0.25, 0.3) is 5.82 Å². The zero-order valence-electron chi connectivity index (χ0n) is 15.2. The number of urea groups is 1. The Hall–Kier alpha value is -3.13. The molecular formula is C19H20ClN7O. The molecule has 8 nitrogen and oxygen atoms in total. The number of halogens is 1. The first-order chi connectivity index (χ1) is 13.7. The van der Waals surface area contributed by atoms with Crippen molar-refractivity contribution in [3.63, 3.8) is 0 Å². The van der Waals surface area contributed by atoms with E-state index in [1.54, 1.807) is 17.2 Å². The van der Waals surface area contributed by atoms with Gasteiger partial charge in [-0.1, -0.05) is 23.7 Å². The fourth-order valence-corrected chi connectivity index (χ4v) is 3.40. The van der Waals surface area contributed by atoms with Crippen LogP contribution in [0.4, 0.5) is 10.5 Å². The number of hydrogen-bond acceptors (Lipinski definition) is 5. The first kappa shape index (κ1) is 18.2. The van der Waals surface area contributed by atoms with Gasteiger partial charge >= 0.3 is 6.03 Å². The summed E-state index contributed by atoms with van der Waals surface area (Å²) in [5, 5.41) is 7.81. The summed E-state index contributed by atoms with van der Waals surface area (Å²) in [7, 11) is 0. The molecule has 1 aliphatic heterocycles. The Labute approximate surface area is 167 Å². The van der Waals surface area contributed by atoms with E-state index in [9.17, 15) is 4.79 Å². The second-order valence-corrected chi connectivity index (χ2v) is 6.88. The molecular weight excluding hydrogens is 378 g/mol. The number of carbonyl (C=O) groups is 1. The van der Waals surface area contributed by atoms with Gasteiger partial charge in [0.25, 0.3) is 0 Å². The number of hydrogen-bond donors (Lipinski definition) is 1. The zero-order chi connectivity index (χ0) is 19.3. The van der Waals surface area contributed by atoms with Gasteiger partial charge in [0.1, 0.15) is 12.7 Å². The van der Waals surface area contributed by atoms with Crippen molar-refractivity contribution in [2.75, 3.05) is 31.1 Å². The summed E-state index contributed by atoms with van der Waals surface area (Å²) in [6.07, 6.45) is 4.73. The lowest BCUT2D eigenvalue weighted by Gasteiger charge is -2.36. The maximum absolute atomic E-state index is 12.6. The molecule has 2 amide bonds. The van der Waals surface area contributed by atoms with Gasteiger partial charge in [0.15, 0.2) is 5.82 Å². The van der Waals surface area contributed by atoms with Crippen molar-refractivity contribution in [2.45, 2.75) is 6.54 Å². The molecule has 1 saturated heterocycles. The van der Waals surface area contributed by atoms with Crippen LogP contribution in [0.15, 0.2) is 55.2 Å². The second-order valence-electron chi connectivity index (χ2n) is 6.44. The summed E-state index contributed by atoms with van der Waals surface area (Å²) in [6, 6.07) is 11.5. The summed E-state index contributed by atoms with van der Waals surface area (Å²) in [6.45, 7) is 3.22. The molecule has 3 aromatic rings. The molecule has 0 aliphatic carbocycles. The number of amides is 2. The van der Waals surface area contributed by atoms with Gasteiger partial charge in [0, 0.05) is 55.2 Å². The van der Waals surface area contributed by atoms with E-state index >= 15 is 0 Å². The highest BCUT2D eigenvalue weighted by Crippen LogP contribution is 2.20. The lowest BCUT2D eigenvalue weighted by Crippen LogP contribution is -2.51. The van der Waals surface area contributed by atoms with E-state index in [1.165, 1.54) is 6.33 Å². The quantitative estimate of drug-likeness (QED) is 0.731. The number of carbonyl (C=O) groups excluding carboxylic acids is 1. The summed E-state index contributed by atoms with van der Waals surface area (Å²) in [5.74, 6) is 0.658. The van der Waals surface area contributed by atoms with Crippen LogP contribution in [0.1, 0.15) is 5.56 Å². The van der Waals surface area contributed by atoms with Crippen LogP contribution in [-0.4, -0.2) is 56.9 Å². The molecule has 0 saturated carbocycles. The number of anilines is 1. The molecule has 4 rings (SSSR count). The highest BCUT2D eigenvalue weighted by atomic mass is 35.5. The number of piperazine rings is 1. The van der Waals surface area contributed by atoms with Crippen molar-refractivity contribution in [1.29, 1.82) is 0 Å². The van der Waals surface area contributed by atoms with Gasteiger partial charge in [0.05, 0.1) is 0 Å². The lowest BCUT2D eigenvalue weighted by atomic mass is 10.2. The average molecular weight is 398 g/mol. The normalized spacial score (nSPS) is 14.2. The van der Waals surface area contributed by atoms with Crippen LogP contribution in [0.2, 0.25) is 5.02 Å². The van der Waals surface area contributed by atoms with Crippen LogP contribution >= 0.6 is 11.6 Å². The molecule has 3 heterocycles. The largest absolute Gasteiger partial charge is 0.368 e. The fraction of sp³-hybridized carbons (Fsp3) is 0.263. The maximum Gasteiger partial charge on any atom is 0.317 e. The molecule has 0 spiro atoms. The zero-order valence-corrected chi connectivity index (χ0v) is 16.0. The lowest BCUT2D eigenvalue weighted by molar-refractivity contribution is 0.194. The van der Waals surface area contributed by atoms with E-state index in [1.807, 2.05) is 41.3 Å². The number of pyridine rings is 1. The maximum atomic E-state index is 12.6. The van der Waals surface area contributed by atoms with Gasteiger partial charge in [-0.2, -0.15) is 5.10 Å². The van der Waals surface area contributed by atoms with Gasteiger partial charge in [-0.3, -0.25) is 0 Å². The summed E-state index contributed by atoms with van der Waals surface area (Å²) >= 11 is 6.08. The molecule has 28 heavy (non-hydrogen) atoms. The molecule has 1 aliphatic rings. The van der Waals surface area contributed by atoms with Crippen LogP contribution < -0.4 is 10.2 Å². The van der Waals surface area contributed by atoms with Crippen LogP contribution in [0, 0.1) is 0 Å². The standard InChI is InChI=1S/C19H20ClN7O/c20-16-4-1-5-17(11-16)25-7-9-26(10-8-25)19(28)23-12-15-3-2-6-22-18(15)27-14-21-13-24-27/h1-6,11,13-14H,7-10,12H2,(H,23,28). The molecule has 1 N–H and O–H groups in total. The molecule has 0 unspecified atom stereocenters. The minimum absolute atomic E-state index is 0.0841. The van der Waals surface area contributed by atoms with Crippen molar-refractivity contribution >= 4 is 23.3 Å². The van der Waals surface area contributed by atoms with Crippen LogP contribution in [0.3, 0.4) is 0 Å². The predicted molar refractivity (Wildman–Crippen MR) is 107 cm³/mol. The Bertz CT molecular complexity index is 939. The molecule has 0 radical (unpaired) electrons. The molecule has 1 fully saturated rings. The molecule has 9 heteroatoms. The van der Waals surface area contributed by atoms with Gasteiger partial charge in [-0.05, 0) is 24.3 Å². The monoisotopic (exact) mass is 397 g/mol. The van der Waals surface area contributed by atoms with E-state index in [0.29, 0.717) is 25.5 Å². The van der Waals surface area contributed by atoms with E-state index in [-0.39, 0.29) is 6.03 Å². The molecule has 0 atom stereocenters. The summed E-state index contributed by atoms with van der Waals surface area (Å²) in [5.41, 5.74) is 1.96. The Morgan fingerprint density at radius 1 is 1.14 bits per heavy atom. The van der Waals surface area contributed by atoms with Crippen molar-refractivity contribution < 1.29 is 4.79 Å². The third kappa shape index (κ3) is 4.07. The average Bonchev–Trinajstić information content (AvgIpc) is 3.27. The SMILES string of the molecule is O=C(NCc1cccnc1-n1cncn1)N1CCN(c2cccc(Cl)c2)CC1. The van der Waals surface area contributed by atoms with Crippen molar-refractivity contribution in [1.82, 2.24) is 30.0 Å². The number of rotatable bonds is 4. The minimum Gasteiger partial charge on any atom is -0.368 e. The third-order valence-electron chi connectivity index (χ3n) is 4.67. The Balaban J connectivity index is 1.34. The van der Waals surface area contributed by atoms with Gasteiger partial charge in [-0.25, -0.2) is 19.4 Å². The highest BCUT2D eigenvalue weighted by molar-refractivity contribution is 6.30. The predicted octanol–water partition coefficient (Wildman–Crippen LogP) is 2.35. The van der Waals surface area contributed by atoms with Crippen molar-refractivity contribution in [3.8, 4) is 5.82 Å². The molecule has 1 aromatic carbocycles. The Morgan fingerprint density at radius 2 is 2.00 bits per heavy atom. The van der Waals surface area contributed by atoms with Gasteiger partial charge in [-0.15, -0.1) is 0 Å².